The van der Waals surface area contributed by atoms with Gasteiger partial charge >= 0.3 is 0 Å². The van der Waals surface area contributed by atoms with E-state index >= 15 is 0 Å². The topological polar surface area (TPSA) is 0 Å². The summed E-state index contributed by atoms with van der Waals surface area (Å²) in [5.74, 6) is 0.460. The Hall–Kier alpha value is -3.38. The molecule has 0 aromatic heterocycles. The molecule has 0 aliphatic heterocycles. The van der Waals surface area contributed by atoms with Crippen LogP contribution in [0, 0.1) is 0 Å². The van der Waals surface area contributed by atoms with Gasteiger partial charge < -0.3 is 0 Å². The molecule has 0 aliphatic carbocycles. The van der Waals surface area contributed by atoms with Crippen molar-refractivity contribution in [3.8, 4) is 0 Å². The minimum atomic E-state index is 0.460. The van der Waals surface area contributed by atoms with Crippen LogP contribution in [0.1, 0.15) is 35.1 Å². The number of benzene rings is 5. The van der Waals surface area contributed by atoms with Crippen LogP contribution >= 0.6 is 0 Å². The Balaban J connectivity index is 1.48. The lowest BCUT2D eigenvalue weighted by Gasteiger charge is -2.18. The molecule has 146 valence electrons. The van der Waals surface area contributed by atoms with Gasteiger partial charge in [-0.1, -0.05) is 116 Å². The predicted molar refractivity (Wildman–Crippen MR) is 129 cm³/mol. The maximum absolute atomic E-state index is 2.36. The van der Waals surface area contributed by atoms with Gasteiger partial charge in [0.15, 0.2) is 0 Å². The van der Waals surface area contributed by atoms with E-state index in [0.29, 0.717) is 5.92 Å². The maximum atomic E-state index is 2.36. The fourth-order valence-electron chi connectivity index (χ4n) is 4.74. The van der Waals surface area contributed by atoms with Crippen LogP contribution in [0.25, 0.3) is 21.5 Å². The van der Waals surface area contributed by atoms with Gasteiger partial charge in [-0.2, -0.15) is 0 Å². The monoisotopic (exact) mass is 386 g/mol. The summed E-state index contributed by atoms with van der Waals surface area (Å²) in [6, 6.07) is 39.7. The molecule has 5 aromatic rings. The summed E-state index contributed by atoms with van der Waals surface area (Å²) in [4.78, 5) is 0. The van der Waals surface area contributed by atoms with Crippen LogP contribution < -0.4 is 0 Å². The fraction of sp³-hybridized carbons (Fsp3) is 0.133. The zero-order valence-corrected chi connectivity index (χ0v) is 17.4. The minimum absolute atomic E-state index is 0.460. The number of fused-ring (bicyclic) bond motifs is 2. The van der Waals surface area contributed by atoms with Gasteiger partial charge in [0, 0.05) is 0 Å². The Morgan fingerprint density at radius 3 is 1.73 bits per heavy atom. The van der Waals surface area contributed by atoms with Crippen LogP contribution in [0.15, 0.2) is 109 Å². The molecule has 0 heterocycles. The Morgan fingerprint density at radius 2 is 1.00 bits per heavy atom. The molecule has 30 heavy (non-hydrogen) atoms. The molecule has 0 saturated heterocycles. The molecular weight excluding hydrogens is 360 g/mol. The van der Waals surface area contributed by atoms with Crippen LogP contribution in [-0.2, 0) is 12.8 Å². The van der Waals surface area contributed by atoms with E-state index in [0.717, 1.165) is 12.8 Å². The molecule has 0 N–H and O–H groups in total. The highest BCUT2D eigenvalue weighted by Crippen LogP contribution is 2.30. The van der Waals surface area contributed by atoms with Crippen molar-refractivity contribution in [3.05, 3.63) is 131 Å². The van der Waals surface area contributed by atoms with Crippen LogP contribution in [0.3, 0.4) is 0 Å². The van der Waals surface area contributed by atoms with Crippen molar-refractivity contribution in [1.82, 2.24) is 0 Å². The van der Waals surface area contributed by atoms with Crippen LogP contribution in [0.2, 0.25) is 0 Å². The van der Waals surface area contributed by atoms with Crippen molar-refractivity contribution in [2.24, 2.45) is 0 Å². The summed E-state index contributed by atoms with van der Waals surface area (Å²) in [7, 11) is 0. The second kappa shape index (κ2) is 8.16. The first-order chi connectivity index (χ1) is 14.8. The molecule has 5 rings (SSSR count). The van der Waals surface area contributed by atoms with Gasteiger partial charge in [-0.05, 0) is 62.6 Å². The normalized spacial score (nSPS) is 12.3. The third-order valence-corrected chi connectivity index (χ3v) is 6.25. The SMILES string of the molecule is CC(Cc1cccc2ccccc12)c1ccccc1Cc1cccc2ccccc12. The molecule has 0 nitrogen and oxygen atoms in total. The summed E-state index contributed by atoms with van der Waals surface area (Å²) < 4.78 is 0. The molecule has 0 spiro atoms. The van der Waals surface area contributed by atoms with E-state index in [1.165, 1.54) is 43.8 Å². The van der Waals surface area contributed by atoms with Gasteiger partial charge in [-0.25, -0.2) is 0 Å². The Morgan fingerprint density at radius 1 is 0.500 bits per heavy atom. The molecule has 5 aromatic carbocycles. The van der Waals surface area contributed by atoms with E-state index in [-0.39, 0.29) is 0 Å². The van der Waals surface area contributed by atoms with E-state index in [4.69, 9.17) is 0 Å². The highest BCUT2D eigenvalue weighted by atomic mass is 14.2. The Bertz CT molecular complexity index is 1300. The maximum Gasteiger partial charge on any atom is -0.00168 e. The fourth-order valence-corrected chi connectivity index (χ4v) is 4.74. The van der Waals surface area contributed by atoms with E-state index < -0.39 is 0 Å². The van der Waals surface area contributed by atoms with Crippen LogP contribution in [-0.4, -0.2) is 0 Å². The third-order valence-electron chi connectivity index (χ3n) is 6.25. The van der Waals surface area contributed by atoms with Crippen molar-refractivity contribution in [1.29, 1.82) is 0 Å². The molecule has 0 fully saturated rings. The first-order valence-corrected chi connectivity index (χ1v) is 10.8. The minimum Gasteiger partial charge on any atom is -0.0620 e. The molecule has 0 amide bonds. The van der Waals surface area contributed by atoms with Crippen LogP contribution in [0.5, 0.6) is 0 Å². The Kier molecular flexibility index (Phi) is 5.07. The molecule has 0 bridgehead atoms. The van der Waals surface area contributed by atoms with Crippen LogP contribution in [0.4, 0.5) is 0 Å². The molecule has 0 heteroatoms. The predicted octanol–water partition coefficient (Wildman–Crippen LogP) is 7.93. The highest BCUT2D eigenvalue weighted by Gasteiger charge is 2.14. The van der Waals surface area contributed by atoms with Gasteiger partial charge in [0.1, 0.15) is 0 Å². The van der Waals surface area contributed by atoms with Crippen molar-refractivity contribution < 1.29 is 0 Å². The zero-order chi connectivity index (χ0) is 20.3. The van der Waals surface area contributed by atoms with Gasteiger partial charge in [0.2, 0.25) is 0 Å². The second-order valence-electron chi connectivity index (χ2n) is 8.26. The average molecular weight is 387 g/mol. The number of rotatable bonds is 5. The van der Waals surface area contributed by atoms with Gasteiger partial charge in [-0.3, -0.25) is 0 Å². The third kappa shape index (κ3) is 3.62. The van der Waals surface area contributed by atoms with Gasteiger partial charge in [0.05, 0.1) is 0 Å². The van der Waals surface area contributed by atoms with E-state index in [2.05, 4.69) is 116 Å². The standard InChI is InChI=1S/C30H26/c1-22(20-25-15-8-13-23-10-2-6-18-29(23)25)28-17-5-4-12-26(28)21-27-16-9-14-24-11-3-7-19-30(24)27/h2-19,22H,20-21H2,1H3. The number of hydrogen-bond donors (Lipinski definition) is 0. The Labute approximate surface area is 178 Å². The summed E-state index contributed by atoms with van der Waals surface area (Å²) in [5, 5.41) is 5.37. The summed E-state index contributed by atoms with van der Waals surface area (Å²) in [6.45, 7) is 2.36. The second-order valence-corrected chi connectivity index (χ2v) is 8.26. The first kappa shape index (κ1) is 18.6. The zero-order valence-electron chi connectivity index (χ0n) is 17.4. The van der Waals surface area contributed by atoms with E-state index in [1.54, 1.807) is 0 Å². The largest absolute Gasteiger partial charge is 0.0620 e. The van der Waals surface area contributed by atoms with Crippen molar-refractivity contribution in [3.63, 3.8) is 0 Å². The highest BCUT2D eigenvalue weighted by molar-refractivity contribution is 5.86. The summed E-state index contributed by atoms with van der Waals surface area (Å²) in [6.07, 6.45) is 2.02. The molecule has 0 aliphatic rings. The smallest absolute Gasteiger partial charge is 0.00168 e. The first-order valence-electron chi connectivity index (χ1n) is 10.8. The molecule has 1 unspecified atom stereocenters. The van der Waals surface area contributed by atoms with E-state index in [9.17, 15) is 0 Å². The molecule has 0 radical (unpaired) electrons. The lowest BCUT2D eigenvalue weighted by molar-refractivity contribution is 0.753. The molecule has 1 atom stereocenters. The van der Waals surface area contributed by atoms with Crippen molar-refractivity contribution in [2.45, 2.75) is 25.7 Å². The summed E-state index contributed by atoms with van der Waals surface area (Å²) in [5.41, 5.74) is 5.72. The van der Waals surface area contributed by atoms with E-state index in [1.807, 2.05) is 0 Å². The lowest BCUT2D eigenvalue weighted by Crippen LogP contribution is -2.04. The van der Waals surface area contributed by atoms with Gasteiger partial charge in [-0.15, -0.1) is 0 Å². The van der Waals surface area contributed by atoms with Gasteiger partial charge in [0.25, 0.3) is 0 Å². The van der Waals surface area contributed by atoms with Crippen molar-refractivity contribution >= 4 is 21.5 Å². The molecular formula is C30H26. The quantitative estimate of drug-likeness (QED) is 0.288. The summed E-state index contributed by atoms with van der Waals surface area (Å²) >= 11 is 0. The molecule has 0 saturated carbocycles. The average Bonchev–Trinajstić information content (AvgIpc) is 2.80. The van der Waals surface area contributed by atoms with Crippen molar-refractivity contribution in [2.75, 3.05) is 0 Å². The lowest BCUT2D eigenvalue weighted by atomic mass is 9.86. The number of hydrogen-bond acceptors (Lipinski definition) is 0.